The number of aromatic nitrogens is 4. The second kappa shape index (κ2) is 14.8. The summed E-state index contributed by atoms with van der Waals surface area (Å²) in [6.45, 7) is 2.56. The molecule has 2 aromatic carbocycles. The lowest BCUT2D eigenvalue weighted by Crippen LogP contribution is -2.44. The molecule has 8 rings (SSSR count). The number of carbonyl (C=O) groups excluding carboxylic acids is 3. The summed E-state index contributed by atoms with van der Waals surface area (Å²) >= 11 is 1.42. The number of halogens is 5. The van der Waals surface area contributed by atoms with Crippen molar-refractivity contribution in [1.29, 1.82) is 0 Å². The van der Waals surface area contributed by atoms with Crippen molar-refractivity contribution in [2.24, 2.45) is 13.0 Å². The molecular weight excluding hydrogens is 758 g/mol. The molecule has 3 fully saturated rings. The number of hydrogen-bond donors (Lipinski definition) is 2. The van der Waals surface area contributed by atoms with Crippen LogP contribution in [0.2, 0.25) is 0 Å². The number of imide groups is 1. The van der Waals surface area contributed by atoms with Gasteiger partial charge in [0.05, 0.1) is 31.9 Å². The maximum atomic E-state index is 15.1. The summed E-state index contributed by atoms with van der Waals surface area (Å²) in [6.07, 6.45) is 0.916. The van der Waals surface area contributed by atoms with Crippen LogP contribution in [0.5, 0.6) is 0 Å². The lowest BCUT2D eigenvalue weighted by molar-refractivity contribution is -0.141. The number of carbonyl (C=O) groups is 3. The van der Waals surface area contributed by atoms with Crippen molar-refractivity contribution in [2.45, 2.75) is 75.4 Å². The van der Waals surface area contributed by atoms with Crippen molar-refractivity contribution in [3.63, 3.8) is 0 Å². The van der Waals surface area contributed by atoms with Gasteiger partial charge in [0.15, 0.2) is 0 Å². The maximum Gasteiger partial charge on any atom is 0.433 e. The smallest absolute Gasteiger partial charge is 0.318 e. The normalized spacial score (nSPS) is 21.5. The number of piperidine rings is 2. The van der Waals surface area contributed by atoms with Crippen LogP contribution in [-0.4, -0.2) is 61.4 Å². The Morgan fingerprint density at radius 1 is 0.946 bits per heavy atom. The van der Waals surface area contributed by atoms with Gasteiger partial charge in [0.1, 0.15) is 29.1 Å². The summed E-state index contributed by atoms with van der Waals surface area (Å²) in [5.74, 6) is -2.44. The van der Waals surface area contributed by atoms with Gasteiger partial charge in [0.25, 0.3) is 5.91 Å². The predicted octanol–water partition coefficient (Wildman–Crippen LogP) is 7.03. The van der Waals surface area contributed by atoms with E-state index in [2.05, 4.69) is 20.5 Å². The number of likely N-dealkylation sites (tertiary alicyclic amines) is 1. The standard InChI is InChI=1S/C39H38F5N7O4S/c1-49-34-24(15-23(40)16-30(34)51(38(49)55)29-9-10-33(52)48-36(29)54)21-11-13-50(14-12-21)19-20-5-7-22(8-6-20)37-47-28-17-25(41)27(18-31(28)56-37)46-35(53)26-3-2-4-32(45-26)39(42,43)44/h2-4,15-18,20-22,29H,5-14,19H2,1H3,(H,46,53)(H,48,52,54)/t20-,22-,29?. The summed E-state index contributed by atoms with van der Waals surface area (Å²) in [4.78, 5) is 61.0. The van der Waals surface area contributed by atoms with Crippen LogP contribution in [0.25, 0.3) is 21.3 Å². The van der Waals surface area contributed by atoms with Gasteiger partial charge in [0.2, 0.25) is 11.8 Å². The van der Waals surface area contributed by atoms with Gasteiger partial charge < -0.3 is 10.2 Å². The number of amides is 3. The van der Waals surface area contributed by atoms with Gasteiger partial charge in [-0.15, -0.1) is 11.3 Å². The van der Waals surface area contributed by atoms with Gasteiger partial charge in [-0.05, 0) is 106 Å². The summed E-state index contributed by atoms with van der Waals surface area (Å²) < 4.78 is 72.8. The van der Waals surface area contributed by atoms with Crippen LogP contribution in [0.4, 0.5) is 27.6 Å². The van der Waals surface area contributed by atoms with Crippen molar-refractivity contribution in [3.8, 4) is 0 Å². The molecule has 0 spiro atoms. The van der Waals surface area contributed by atoms with Crippen LogP contribution >= 0.6 is 11.3 Å². The number of aryl methyl sites for hydroxylation is 1. The van der Waals surface area contributed by atoms with Gasteiger partial charge in [-0.1, -0.05) is 6.07 Å². The number of rotatable bonds is 7. The molecule has 1 saturated carbocycles. The molecule has 11 nitrogen and oxygen atoms in total. The second-order valence-electron chi connectivity index (χ2n) is 15.0. The highest BCUT2D eigenvalue weighted by Gasteiger charge is 2.35. The summed E-state index contributed by atoms with van der Waals surface area (Å²) in [7, 11) is 1.63. The minimum Gasteiger partial charge on any atom is -0.318 e. The van der Waals surface area contributed by atoms with Gasteiger partial charge in [-0.25, -0.2) is 23.5 Å². The highest BCUT2D eigenvalue weighted by molar-refractivity contribution is 7.18. The number of nitrogens with zero attached hydrogens (tertiary/aromatic N) is 5. The first-order valence-corrected chi connectivity index (χ1v) is 19.5. The number of fused-ring (bicyclic) bond motifs is 2. The fraction of sp³-hybridized carbons (Fsp3) is 0.436. The average molecular weight is 796 g/mol. The number of thiazole rings is 1. The first-order chi connectivity index (χ1) is 26.7. The van der Waals surface area contributed by atoms with Crippen LogP contribution in [0.15, 0.2) is 47.3 Å². The average Bonchev–Trinajstić information content (AvgIpc) is 3.68. The van der Waals surface area contributed by atoms with Gasteiger partial charge in [0, 0.05) is 32.0 Å². The largest absolute Gasteiger partial charge is 0.433 e. The number of pyridine rings is 1. The maximum absolute atomic E-state index is 15.1. The van der Waals surface area contributed by atoms with E-state index in [0.717, 1.165) is 86.9 Å². The van der Waals surface area contributed by atoms with E-state index in [-0.39, 0.29) is 36.3 Å². The molecule has 1 atom stereocenters. The monoisotopic (exact) mass is 795 g/mol. The van der Waals surface area contributed by atoms with Gasteiger partial charge in [-0.2, -0.15) is 13.2 Å². The van der Waals surface area contributed by atoms with Crippen LogP contribution in [0.1, 0.15) is 96.0 Å². The van der Waals surface area contributed by atoms with Crippen molar-refractivity contribution in [2.75, 3.05) is 25.0 Å². The van der Waals surface area contributed by atoms with Crippen LogP contribution < -0.4 is 16.3 Å². The molecule has 3 amide bonds. The van der Waals surface area contributed by atoms with E-state index in [4.69, 9.17) is 4.98 Å². The van der Waals surface area contributed by atoms with E-state index >= 15 is 8.78 Å². The Morgan fingerprint density at radius 3 is 2.41 bits per heavy atom. The first-order valence-electron chi connectivity index (χ1n) is 18.7. The van der Waals surface area contributed by atoms with Gasteiger partial charge in [-0.3, -0.25) is 28.8 Å². The van der Waals surface area contributed by atoms with Crippen molar-refractivity contribution in [3.05, 3.63) is 86.5 Å². The molecule has 5 aromatic rings. The SMILES string of the molecule is Cn1c(=O)n(C2CCC(=O)NC2=O)c2cc(F)cc(C3CCN(C[C@H]4CC[C@H](c5nc6cc(F)c(NC(=O)c7cccc(C(F)(F)F)n7)cc6s5)CC4)CC3)c21. The molecule has 0 radical (unpaired) electrons. The lowest BCUT2D eigenvalue weighted by Gasteiger charge is -2.36. The molecule has 0 bridgehead atoms. The van der Waals surface area contributed by atoms with E-state index in [0.29, 0.717) is 27.2 Å². The van der Waals surface area contributed by atoms with E-state index in [1.165, 1.54) is 44.7 Å². The Hall–Kier alpha value is -5.03. The molecule has 294 valence electrons. The Morgan fingerprint density at radius 2 is 1.70 bits per heavy atom. The third kappa shape index (κ3) is 7.33. The Labute approximate surface area is 320 Å². The van der Waals surface area contributed by atoms with E-state index in [1.807, 2.05) is 0 Å². The second-order valence-corrected chi connectivity index (χ2v) is 16.1. The third-order valence-corrected chi connectivity index (χ3v) is 12.6. The van der Waals surface area contributed by atoms with Crippen molar-refractivity contribution < 1.29 is 36.3 Å². The zero-order valence-corrected chi connectivity index (χ0v) is 31.1. The zero-order valence-electron chi connectivity index (χ0n) is 30.3. The Kier molecular flexibility index (Phi) is 10.0. The minimum atomic E-state index is -4.72. The molecule has 2 aliphatic heterocycles. The van der Waals surface area contributed by atoms with Crippen LogP contribution in [-0.2, 0) is 22.8 Å². The molecular formula is C39H38F5N7O4S. The highest BCUT2D eigenvalue weighted by atomic mass is 32.1. The zero-order chi connectivity index (χ0) is 39.5. The Bertz CT molecular complexity index is 2430. The summed E-state index contributed by atoms with van der Waals surface area (Å²) in [5.41, 5.74) is -0.105. The van der Waals surface area contributed by atoms with Crippen LogP contribution in [0, 0.1) is 17.6 Å². The highest BCUT2D eigenvalue weighted by Crippen LogP contribution is 2.41. The number of hydrogen-bond acceptors (Lipinski definition) is 8. The quantitative estimate of drug-likeness (QED) is 0.134. The van der Waals surface area contributed by atoms with Crippen molar-refractivity contribution in [1.82, 2.24) is 29.3 Å². The number of benzene rings is 2. The molecule has 1 aliphatic carbocycles. The number of anilines is 1. The molecule has 5 heterocycles. The third-order valence-electron chi connectivity index (χ3n) is 11.4. The summed E-state index contributed by atoms with van der Waals surface area (Å²) in [5, 5.41) is 5.52. The molecule has 2 N–H and O–H groups in total. The topological polar surface area (TPSA) is 131 Å². The number of alkyl halides is 3. The molecule has 1 unspecified atom stereocenters. The summed E-state index contributed by atoms with van der Waals surface area (Å²) in [6, 6.07) is 7.55. The van der Waals surface area contributed by atoms with E-state index < -0.39 is 52.7 Å². The molecule has 3 aromatic heterocycles. The molecule has 3 aliphatic rings. The number of nitrogens with one attached hydrogen (secondary N) is 2. The van der Waals surface area contributed by atoms with Gasteiger partial charge >= 0.3 is 11.9 Å². The van der Waals surface area contributed by atoms with E-state index in [9.17, 15) is 32.3 Å². The fourth-order valence-electron chi connectivity index (χ4n) is 8.58. The van der Waals surface area contributed by atoms with Crippen LogP contribution in [0.3, 0.4) is 0 Å². The molecule has 17 heteroatoms. The van der Waals surface area contributed by atoms with Crippen molar-refractivity contribution >= 4 is 56.0 Å². The molecule has 2 saturated heterocycles. The Balaban J connectivity index is 0.878. The predicted molar refractivity (Wildman–Crippen MR) is 198 cm³/mol. The first kappa shape index (κ1) is 37.9. The minimum absolute atomic E-state index is 0.0263. The molecule has 56 heavy (non-hydrogen) atoms. The number of imidazole rings is 1. The lowest BCUT2D eigenvalue weighted by atomic mass is 9.81. The fourth-order valence-corrected chi connectivity index (χ4v) is 9.74. The van der Waals surface area contributed by atoms with E-state index in [1.54, 1.807) is 7.05 Å².